The fraction of sp³-hybridized carbons (Fsp3) is 0.500. The molecule has 0 unspecified atom stereocenters. The predicted octanol–water partition coefficient (Wildman–Crippen LogP) is 1.16. The molecule has 0 saturated heterocycles. The monoisotopic (exact) mass is 237 g/mol. The van der Waals surface area contributed by atoms with E-state index in [1.54, 1.807) is 30.3 Å². The standard InChI is InChI=1S/C12H19N3O2/c1-9(2)15(7-8-17-3)12(16)11-10(13)5-4-6-14-11/h4-6,9H,7-8,13H2,1-3H3. The van der Waals surface area contributed by atoms with Crippen LogP contribution in [0.15, 0.2) is 18.3 Å². The lowest BCUT2D eigenvalue weighted by atomic mass is 10.2. The lowest BCUT2D eigenvalue weighted by Crippen LogP contribution is -2.40. The van der Waals surface area contributed by atoms with Crippen molar-refractivity contribution in [3.8, 4) is 0 Å². The summed E-state index contributed by atoms with van der Waals surface area (Å²) in [6, 6.07) is 3.47. The second kappa shape index (κ2) is 6.20. The van der Waals surface area contributed by atoms with E-state index in [-0.39, 0.29) is 11.9 Å². The Labute approximate surface area is 102 Å². The van der Waals surface area contributed by atoms with E-state index in [1.807, 2.05) is 13.8 Å². The van der Waals surface area contributed by atoms with Gasteiger partial charge in [-0.25, -0.2) is 4.98 Å². The Balaban J connectivity index is 2.88. The Morgan fingerprint density at radius 3 is 2.82 bits per heavy atom. The van der Waals surface area contributed by atoms with Crippen LogP contribution >= 0.6 is 0 Å². The van der Waals surface area contributed by atoms with Crippen LogP contribution in [-0.4, -0.2) is 42.1 Å². The average Bonchev–Trinajstić information content (AvgIpc) is 2.29. The summed E-state index contributed by atoms with van der Waals surface area (Å²) < 4.78 is 4.99. The molecule has 0 atom stereocenters. The molecule has 5 heteroatoms. The Kier molecular flexibility index (Phi) is 4.90. The third-order valence-corrected chi connectivity index (χ3v) is 2.46. The smallest absolute Gasteiger partial charge is 0.274 e. The maximum absolute atomic E-state index is 12.2. The van der Waals surface area contributed by atoms with Crippen LogP contribution in [-0.2, 0) is 4.74 Å². The van der Waals surface area contributed by atoms with Crippen LogP contribution in [0.1, 0.15) is 24.3 Å². The second-order valence-electron chi connectivity index (χ2n) is 4.03. The first-order valence-corrected chi connectivity index (χ1v) is 5.58. The van der Waals surface area contributed by atoms with Crippen LogP contribution < -0.4 is 5.73 Å². The number of methoxy groups -OCH3 is 1. The number of rotatable bonds is 5. The zero-order valence-electron chi connectivity index (χ0n) is 10.5. The van der Waals surface area contributed by atoms with Crippen molar-refractivity contribution >= 4 is 11.6 Å². The van der Waals surface area contributed by atoms with Gasteiger partial charge < -0.3 is 15.4 Å². The molecule has 1 aromatic rings. The highest BCUT2D eigenvalue weighted by atomic mass is 16.5. The molecule has 0 aliphatic heterocycles. The lowest BCUT2D eigenvalue weighted by Gasteiger charge is -2.26. The molecule has 0 saturated carbocycles. The molecule has 0 radical (unpaired) electrons. The largest absolute Gasteiger partial charge is 0.397 e. The van der Waals surface area contributed by atoms with Gasteiger partial charge in [0, 0.05) is 25.9 Å². The maximum Gasteiger partial charge on any atom is 0.274 e. The number of aromatic nitrogens is 1. The first-order valence-electron chi connectivity index (χ1n) is 5.58. The van der Waals surface area contributed by atoms with E-state index < -0.39 is 0 Å². The second-order valence-corrected chi connectivity index (χ2v) is 4.03. The quantitative estimate of drug-likeness (QED) is 0.834. The molecule has 2 N–H and O–H groups in total. The normalized spacial score (nSPS) is 10.6. The number of ether oxygens (including phenoxy) is 1. The van der Waals surface area contributed by atoms with Gasteiger partial charge in [-0.05, 0) is 26.0 Å². The maximum atomic E-state index is 12.2. The Bertz CT molecular complexity index is 380. The van der Waals surface area contributed by atoms with Gasteiger partial charge in [-0.3, -0.25) is 4.79 Å². The van der Waals surface area contributed by atoms with Crippen molar-refractivity contribution in [1.82, 2.24) is 9.88 Å². The summed E-state index contributed by atoms with van der Waals surface area (Å²) in [5, 5.41) is 0. The number of hydrogen-bond donors (Lipinski definition) is 1. The van der Waals surface area contributed by atoms with Crippen molar-refractivity contribution in [3.63, 3.8) is 0 Å². The Morgan fingerprint density at radius 1 is 1.59 bits per heavy atom. The van der Waals surface area contributed by atoms with Gasteiger partial charge in [-0.15, -0.1) is 0 Å². The number of amides is 1. The number of nitrogens with zero attached hydrogens (tertiary/aromatic N) is 2. The van der Waals surface area contributed by atoms with Gasteiger partial charge in [0.25, 0.3) is 5.91 Å². The van der Waals surface area contributed by atoms with E-state index in [2.05, 4.69) is 4.98 Å². The Morgan fingerprint density at radius 2 is 2.29 bits per heavy atom. The first kappa shape index (κ1) is 13.4. The van der Waals surface area contributed by atoms with Crippen molar-refractivity contribution < 1.29 is 9.53 Å². The van der Waals surface area contributed by atoms with Crippen LogP contribution in [0.3, 0.4) is 0 Å². The summed E-state index contributed by atoms with van der Waals surface area (Å²) in [6.07, 6.45) is 1.57. The van der Waals surface area contributed by atoms with E-state index in [4.69, 9.17) is 10.5 Å². The van der Waals surface area contributed by atoms with Crippen LogP contribution in [0.5, 0.6) is 0 Å². The molecule has 5 nitrogen and oxygen atoms in total. The number of nitrogen functional groups attached to an aromatic ring is 1. The van der Waals surface area contributed by atoms with Crippen molar-refractivity contribution in [3.05, 3.63) is 24.0 Å². The van der Waals surface area contributed by atoms with Crippen molar-refractivity contribution in [1.29, 1.82) is 0 Å². The summed E-state index contributed by atoms with van der Waals surface area (Å²) in [5.41, 5.74) is 6.45. The molecule has 0 bridgehead atoms. The molecule has 1 amide bonds. The van der Waals surface area contributed by atoms with Crippen LogP contribution in [0.2, 0.25) is 0 Å². The van der Waals surface area contributed by atoms with Gasteiger partial charge in [-0.2, -0.15) is 0 Å². The van der Waals surface area contributed by atoms with Crippen molar-refractivity contribution in [2.45, 2.75) is 19.9 Å². The molecule has 1 aromatic heterocycles. The SMILES string of the molecule is COCCN(C(=O)c1ncccc1N)C(C)C. The van der Waals surface area contributed by atoms with Gasteiger partial charge in [-0.1, -0.05) is 0 Å². The topological polar surface area (TPSA) is 68.5 Å². The fourth-order valence-corrected chi connectivity index (χ4v) is 1.52. The number of carbonyl (C=O) groups excluding carboxylic acids is 1. The van der Waals surface area contributed by atoms with Crippen LogP contribution in [0.25, 0.3) is 0 Å². The van der Waals surface area contributed by atoms with E-state index in [0.717, 1.165) is 0 Å². The molecule has 0 aliphatic rings. The molecule has 1 heterocycles. The number of nitrogens with two attached hydrogens (primary N) is 1. The lowest BCUT2D eigenvalue weighted by molar-refractivity contribution is 0.0630. The number of hydrogen-bond acceptors (Lipinski definition) is 4. The minimum atomic E-state index is -0.157. The molecule has 1 rings (SSSR count). The highest BCUT2D eigenvalue weighted by Gasteiger charge is 2.21. The first-order chi connectivity index (χ1) is 8.07. The molecular formula is C12H19N3O2. The highest BCUT2D eigenvalue weighted by molar-refractivity contribution is 5.97. The van der Waals surface area contributed by atoms with Gasteiger partial charge in [0.2, 0.25) is 0 Å². The summed E-state index contributed by atoms with van der Waals surface area (Å²) in [6.45, 7) is 4.93. The third-order valence-electron chi connectivity index (χ3n) is 2.46. The van der Waals surface area contributed by atoms with Gasteiger partial charge in [0.15, 0.2) is 5.69 Å². The third kappa shape index (κ3) is 3.42. The van der Waals surface area contributed by atoms with E-state index in [0.29, 0.717) is 24.5 Å². The summed E-state index contributed by atoms with van der Waals surface area (Å²) in [7, 11) is 1.61. The van der Waals surface area contributed by atoms with E-state index in [1.165, 1.54) is 0 Å². The number of pyridine rings is 1. The summed E-state index contributed by atoms with van der Waals surface area (Å²) in [4.78, 5) is 18.0. The van der Waals surface area contributed by atoms with E-state index >= 15 is 0 Å². The molecule has 0 aromatic carbocycles. The Hall–Kier alpha value is -1.62. The van der Waals surface area contributed by atoms with Gasteiger partial charge in [0.05, 0.1) is 12.3 Å². The van der Waals surface area contributed by atoms with Gasteiger partial charge >= 0.3 is 0 Å². The van der Waals surface area contributed by atoms with Crippen LogP contribution in [0, 0.1) is 0 Å². The van der Waals surface area contributed by atoms with Crippen LogP contribution in [0.4, 0.5) is 5.69 Å². The molecule has 17 heavy (non-hydrogen) atoms. The van der Waals surface area contributed by atoms with Crippen molar-refractivity contribution in [2.75, 3.05) is 26.0 Å². The minimum absolute atomic E-state index is 0.0825. The van der Waals surface area contributed by atoms with E-state index in [9.17, 15) is 4.79 Å². The molecule has 94 valence electrons. The van der Waals surface area contributed by atoms with Crippen molar-refractivity contribution in [2.24, 2.45) is 0 Å². The molecular weight excluding hydrogens is 218 g/mol. The highest BCUT2D eigenvalue weighted by Crippen LogP contribution is 2.12. The summed E-state index contributed by atoms with van der Waals surface area (Å²) in [5.74, 6) is -0.157. The number of carbonyl (C=O) groups is 1. The zero-order valence-corrected chi connectivity index (χ0v) is 10.5. The average molecular weight is 237 g/mol. The van der Waals surface area contributed by atoms with Gasteiger partial charge in [0.1, 0.15) is 0 Å². The molecule has 0 spiro atoms. The predicted molar refractivity (Wildman–Crippen MR) is 66.7 cm³/mol. The minimum Gasteiger partial charge on any atom is -0.397 e. The fourth-order valence-electron chi connectivity index (χ4n) is 1.52. The number of anilines is 1. The summed E-state index contributed by atoms with van der Waals surface area (Å²) >= 11 is 0. The molecule has 0 fully saturated rings. The zero-order chi connectivity index (χ0) is 12.8. The molecule has 0 aliphatic carbocycles.